The molecule has 3 rings (SSSR count). The van der Waals surface area contributed by atoms with Crippen LogP contribution in [-0.4, -0.2) is 51.8 Å². The van der Waals surface area contributed by atoms with Gasteiger partial charge in [0.2, 0.25) is 5.95 Å². The Morgan fingerprint density at radius 2 is 2.36 bits per heavy atom. The van der Waals surface area contributed by atoms with E-state index in [2.05, 4.69) is 22.2 Å². The molecule has 1 saturated heterocycles. The summed E-state index contributed by atoms with van der Waals surface area (Å²) in [5, 5.41) is 21.1. The standard InChI is InChI=1S/C15H22N6O/c1-20-9-3-4-10(20)7-8-18-15-19-12-6-2-5-11(14(16)17)13(12)21(15)22/h2,5-6,10,22H,3-4,7-9H2,1H3,(H3,16,17)(H,18,19). The number of nitrogen functional groups attached to an aromatic ring is 1. The predicted octanol–water partition coefficient (Wildman–Crippen LogP) is 1.45. The zero-order valence-electron chi connectivity index (χ0n) is 12.7. The van der Waals surface area contributed by atoms with E-state index in [9.17, 15) is 5.21 Å². The smallest absolute Gasteiger partial charge is 0.237 e. The van der Waals surface area contributed by atoms with E-state index in [1.807, 2.05) is 0 Å². The minimum Gasteiger partial charge on any atom is -0.425 e. The minimum atomic E-state index is -0.0834. The molecule has 0 aliphatic carbocycles. The molecule has 2 aromatic rings. The molecule has 1 aliphatic heterocycles. The SMILES string of the molecule is CN1CCCC1CCNc1nc2cccc(C(=N)N)c2n1O. The third-order valence-electron chi connectivity index (χ3n) is 4.38. The van der Waals surface area contributed by atoms with E-state index in [0.717, 1.165) is 24.2 Å². The van der Waals surface area contributed by atoms with Gasteiger partial charge in [0.1, 0.15) is 11.4 Å². The minimum absolute atomic E-state index is 0.0834. The molecule has 0 saturated carbocycles. The summed E-state index contributed by atoms with van der Waals surface area (Å²) in [5.41, 5.74) is 7.13. The van der Waals surface area contributed by atoms with E-state index in [4.69, 9.17) is 11.1 Å². The predicted molar refractivity (Wildman–Crippen MR) is 86.7 cm³/mol. The van der Waals surface area contributed by atoms with Crippen LogP contribution in [0.2, 0.25) is 0 Å². The number of hydrogen-bond acceptors (Lipinski definition) is 5. The van der Waals surface area contributed by atoms with E-state index in [1.54, 1.807) is 18.2 Å². The second-order valence-corrected chi connectivity index (χ2v) is 5.83. The maximum atomic E-state index is 10.3. The molecular weight excluding hydrogens is 280 g/mol. The van der Waals surface area contributed by atoms with Crippen LogP contribution in [0.15, 0.2) is 18.2 Å². The van der Waals surface area contributed by atoms with Crippen molar-refractivity contribution in [2.75, 3.05) is 25.5 Å². The van der Waals surface area contributed by atoms with Crippen LogP contribution >= 0.6 is 0 Å². The van der Waals surface area contributed by atoms with Crippen LogP contribution in [0.5, 0.6) is 0 Å². The summed E-state index contributed by atoms with van der Waals surface area (Å²) in [4.78, 5) is 6.75. The van der Waals surface area contributed by atoms with Crippen molar-refractivity contribution < 1.29 is 5.21 Å². The summed E-state index contributed by atoms with van der Waals surface area (Å²) < 4.78 is 0.991. The number of likely N-dealkylation sites (tertiary alicyclic amines) is 1. The molecule has 22 heavy (non-hydrogen) atoms. The highest BCUT2D eigenvalue weighted by molar-refractivity contribution is 6.06. The highest BCUT2D eigenvalue weighted by Crippen LogP contribution is 2.22. The molecule has 1 aromatic carbocycles. The van der Waals surface area contributed by atoms with Gasteiger partial charge in [-0.25, -0.2) is 4.98 Å². The Morgan fingerprint density at radius 3 is 3.05 bits per heavy atom. The van der Waals surface area contributed by atoms with Gasteiger partial charge in [-0.3, -0.25) is 5.41 Å². The average molecular weight is 302 g/mol. The molecular formula is C15H22N6O. The van der Waals surface area contributed by atoms with E-state index in [-0.39, 0.29) is 5.84 Å². The molecule has 1 unspecified atom stereocenters. The van der Waals surface area contributed by atoms with Crippen LogP contribution in [0.1, 0.15) is 24.8 Å². The molecule has 7 nitrogen and oxygen atoms in total. The number of nitrogens with one attached hydrogen (secondary N) is 2. The van der Waals surface area contributed by atoms with Gasteiger partial charge in [0, 0.05) is 18.2 Å². The normalized spacial score (nSPS) is 18.9. The van der Waals surface area contributed by atoms with Crippen LogP contribution in [0.4, 0.5) is 5.95 Å². The van der Waals surface area contributed by atoms with Gasteiger partial charge in [0.25, 0.3) is 0 Å². The van der Waals surface area contributed by atoms with Crippen molar-refractivity contribution in [3.63, 3.8) is 0 Å². The zero-order chi connectivity index (χ0) is 15.7. The first-order valence-electron chi connectivity index (χ1n) is 7.57. The number of anilines is 1. The monoisotopic (exact) mass is 302 g/mol. The number of fused-ring (bicyclic) bond motifs is 1. The largest absolute Gasteiger partial charge is 0.425 e. The van der Waals surface area contributed by atoms with Gasteiger partial charge in [0.15, 0.2) is 0 Å². The highest BCUT2D eigenvalue weighted by Gasteiger charge is 2.20. The fourth-order valence-corrected chi connectivity index (χ4v) is 3.14. The van der Waals surface area contributed by atoms with Crippen LogP contribution < -0.4 is 11.1 Å². The molecule has 118 valence electrons. The molecule has 1 aromatic heterocycles. The molecule has 1 atom stereocenters. The van der Waals surface area contributed by atoms with Crippen LogP contribution in [0.25, 0.3) is 11.0 Å². The van der Waals surface area contributed by atoms with Crippen molar-refractivity contribution in [3.8, 4) is 0 Å². The Labute approximate surface area is 129 Å². The lowest BCUT2D eigenvalue weighted by atomic mass is 10.1. The maximum absolute atomic E-state index is 10.3. The van der Waals surface area contributed by atoms with E-state index in [1.165, 1.54) is 12.8 Å². The number of rotatable bonds is 5. The summed E-state index contributed by atoms with van der Waals surface area (Å²) in [5.74, 6) is 0.310. The Kier molecular flexibility index (Phi) is 3.89. The van der Waals surface area contributed by atoms with Crippen LogP contribution in [0, 0.1) is 5.41 Å². The topological polar surface area (TPSA) is 103 Å². The number of amidine groups is 1. The van der Waals surface area contributed by atoms with Crippen LogP contribution in [-0.2, 0) is 0 Å². The summed E-state index contributed by atoms with van der Waals surface area (Å²) in [6, 6.07) is 5.88. The molecule has 0 spiro atoms. The van der Waals surface area contributed by atoms with Crippen molar-refractivity contribution in [1.82, 2.24) is 14.6 Å². The van der Waals surface area contributed by atoms with Gasteiger partial charge < -0.3 is 21.2 Å². The van der Waals surface area contributed by atoms with Crippen molar-refractivity contribution in [3.05, 3.63) is 23.8 Å². The van der Waals surface area contributed by atoms with Crippen molar-refractivity contribution in [2.45, 2.75) is 25.3 Å². The fraction of sp³-hybridized carbons (Fsp3) is 0.467. The third kappa shape index (κ3) is 2.59. The number of nitrogens with zero attached hydrogens (tertiary/aromatic N) is 3. The van der Waals surface area contributed by atoms with Crippen LogP contribution in [0.3, 0.4) is 0 Å². The highest BCUT2D eigenvalue weighted by atomic mass is 16.5. The van der Waals surface area contributed by atoms with Gasteiger partial charge >= 0.3 is 0 Å². The Bertz CT molecular complexity index is 695. The summed E-state index contributed by atoms with van der Waals surface area (Å²) in [6.07, 6.45) is 3.49. The van der Waals surface area contributed by atoms with Crippen molar-refractivity contribution >= 4 is 22.8 Å². The molecule has 2 heterocycles. The van der Waals surface area contributed by atoms with Gasteiger partial charge in [-0.15, -0.1) is 4.73 Å². The first-order valence-corrected chi connectivity index (χ1v) is 7.57. The molecule has 5 N–H and O–H groups in total. The summed E-state index contributed by atoms with van der Waals surface area (Å²) in [7, 11) is 2.15. The molecule has 1 aliphatic rings. The maximum Gasteiger partial charge on any atom is 0.237 e. The lowest BCUT2D eigenvalue weighted by Gasteiger charge is -2.19. The van der Waals surface area contributed by atoms with E-state index < -0.39 is 0 Å². The average Bonchev–Trinajstić information content (AvgIpc) is 3.04. The molecule has 0 amide bonds. The lowest BCUT2D eigenvalue weighted by molar-refractivity contribution is 0.203. The number of para-hydroxylation sites is 1. The number of hydrogen-bond donors (Lipinski definition) is 4. The molecule has 7 heteroatoms. The molecule has 0 radical (unpaired) electrons. The van der Waals surface area contributed by atoms with Gasteiger partial charge in [-0.1, -0.05) is 6.07 Å². The number of aromatic nitrogens is 2. The number of benzene rings is 1. The second-order valence-electron chi connectivity index (χ2n) is 5.83. The Morgan fingerprint density at radius 1 is 1.55 bits per heavy atom. The fourth-order valence-electron chi connectivity index (χ4n) is 3.14. The van der Waals surface area contributed by atoms with Gasteiger partial charge in [-0.2, -0.15) is 0 Å². The Hall–Kier alpha value is -2.28. The zero-order valence-corrected chi connectivity index (χ0v) is 12.7. The first-order chi connectivity index (χ1) is 10.6. The second kappa shape index (κ2) is 5.84. The number of imidazole rings is 1. The van der Waals surface area contributed by atoms with E-state index >= 15 is 0 Å². The third-order valence-corrected chi connectivity index (χ3v) is 4.38. The summed E-state index contributed by atoms with van der Waals surface area (Å²) >= 11 is 0. The van der Waals surface area contributed by atoms with Gasteiger partial charge in [0.05, 0.1) is 5.52 Å². The molecule has 1 fully saturated rings. The van der Waals surface area contributed by atoms with Crippen molar-refractivity contribution in [1.29, 1.82) is 5.41 Å². The van der Waals surface area contributed by atoms with E-state index in [0.29, 0.717) is 28.6 Å². The summed E-state index contributed by atoms with van der Waals surface area (Å²) in [6.45, 7) is 1.90. The quantitative estimate of drug-likeness (QED) is 0.380. The van der Waals surface area contributed by atoms with Gasteiger partial charge in [-0.05, 0) is 45.0 Å². The lowest BCUT2D eigenvalue weighted by Crippen LogP contribution is -2.27. The van der Waals surface area contributed by atoms with Crippen molar-refractivity contribution in [2.24, 2.45) is 5.73 Å². The molecule has 0 bridgehead atoms. The first kappa shape index (κ1) is 14.6. The Balaban J connectivity index is 1.75. The number of nitrogens with two attached hydrogens (primary N) is 1.